The van der Waals surface area contributed by atoms with Gasteiger partial charge in [0.05, 0.1) is 6.54 Å². The van der Waals surface area contributed by atoms with Crippen LogP contribution in [0.1, 0.15) is 64.1 Å². The molecule has 0 atom stereocenters. The molecule has 1 aliphatic carbocycles. The van der Waals surface area contributed by atoms with E-state index in [4.69, 9.17) is 10.3 Å². The summed E-state index contributed by atoms with van der Waals surface area (Å²) in [6.07, 6.45) is 7.74. The Morgan fingerprint density at radius 3 is 2.60 bits per heavy atom. The first kappa shape index (κ1) is 15.4. The van der Waals surface area contributed by atoms with Gasteiger partial charge < -0.3 is 10.3 Å². The van der Waals surface area contributed by atoms with Gasteiger partial charge in [-0.2, -0.15) is 4.98 Å². The molecule has 0 saturated heterocycles. The van der Waals surface area contributed by atoms with Crippen LogP contribution in [0.4, 0.5) is 0 Å². The molecule has 5 nitrogen and oxygen atoms in total. The summed E-state index contributed by atoms with van der Waals surface area (Å²) in [5.41, 5.74) is 6.00. The van der Waals surface area contributed by atoms with Gasteiger partial charge in [0.1, 0.15) is 0 Å². The smallest absolute Gasteiger partial charge is 0.226 e. The molecule has 0 aliphatic heterocycles. The van der Waals surface area contributed by atoms with Gasteiger partial charge in [-0.25, -0.2) is 0 Å². The molecular weight excluding hydrogens is 252 g/mol. The zero-order valence-corrected chi connectivity index (χ0v) is 12.8. The van der Waals surface area contributed by atoms with Gasteiger partial charge in [-0.15, -0.1) is 0 Å². The summed E-state index contributed by atoms with van der Waals surface area (Å²) in [5.74, 6) is 1.60. The van der Waals surface area contributed by atoms with Crippen molar-refractivity contribution in [2.75, 3.05) is 6.54 Å². The van der Waals surface area contributed by atoms with Crippen molar-refractivity contribution in [1.82, 2.24) is 15.0 Å². The molecule has 1 fully saturated rings. The molecule has 0 unspecified atom stereocenters. The van der Waals surface area contributed by atoms with Crippen molar-refractivity contribution in [3.8, 4) is 0 Å². The molecule has 1 aliphatic rings. The van der Waals surface area contributed by atoms with Crippen LogP contribution in [0.25, 0.3) is 0 Å². The van der Waals surface area contributed by atoms with Crippen LogP contribution in [0, 0.1) is 0 Å². The number of rotatable bonds is 7. The zero-order chi connectivity index (χ0) is 14.4. The zero-order valence-electron chi connectivity index (χ0n) is 12.8. The summed E-state index contributed by atoms with van der Waals surface area (Å²) in [6.45, 7) is 6.25. The number of nitrogens with zero attached hydrogens (tertiary/aromatic N) is 3. The number of hydrogen-bond donors (Lipinski definition) is 1. The van der Waals surface area contributed by atoms with Gasteiger partial charge in [-0.3, -0.25) is 4.90 Å². The molecule has 0 bridgehead atoms. The average Bonchev–Trinajstić information content (AvgIpc) is 2.87. The number of nitrogens with two attached hydrogens (primary N) is 1. The Kier molecular flexibility index (Phi) is 5.98. The first-order valence-electron chi connectivity index (χ1n) is 8.04. The maximum atomic E-state index is 6.00. The third-order valence-electron chi connectivity index (χ3n) is 4.09. The molecule has 2 rings (SSSR count). The molecule has 0 amide bonds. The lowest BCUT2D eigenvalue weighted by atomic mass is 9.90. The van der Waals surface area contributed by atoms with Gasteiger partial charge in [0, 0.05) is 18.5 Å². The van der Waals surface area contributed by atoms with E-state index in [-0.39, 0.29) is 0 Å². The van der Waals surface area contributed by atoms with Gasteiger partial charge in [0.2, 0.25) is 5.89 Å². The second-order valence-electron chi connectivity index (χ2n) is 5.89. The predicted molar refractivity (Wildman–Crippen MR) is 79.2 cm³/mol. The van der Waals surface area contributed by atoms with Gasteiger partial charge in [-0.1, -0.05) is 19.0 Å². The highest BCUT2D eigenvalue weighted by Gasteiger charge is 2.25. The second kappa shape index (κ2) is 7.74. The van der Waals surface area contributed by atoms with Crippen LogP contribution in [-0.2, 0) is 13.0 Å². The van der Waals surface area contributed by atoms with Crippen LogP contribution >= 0.6 is 0 Å². The SMILES string of the molecule is CCCc1nc(CN(CCC)C2CCC(N)CC2)no1. The molecule has 1 aromatic heterocycles. The Morgan fingerprint density at radius 1 is 1.20 bits per heavy atom. The lowest BCUT2D eigenvalue weighted by molar-refractivity contribution is 0.137. The molecule has 20 heavy (non-hydrogen) atoms. The number of aromatic nitrogens is 2. The summed E-state index contributed by atoms with van der Waals surface area (Å²) >= 11 is 0. The van der Waals surface area contributed by atoms with Crippen LogP contribution in [0.5, 0.6) is 0 Å². The van der Waals surface area contributed by atoms with Crippen molar-refractivity contribution in [2.45, 2.75) is 77.4 Å². The minimum atomic E-state index is 0.399. The standard InChI is InChI=1S/C15H28N4O/c1-3-5-15-17-14(18-20-15)11-19(10-4-2)13-8-6-12(16)7-9-13/h12-13H,3-11,16H2,1-2H3. The Labute approximate surface area is 121 Å². The van der Waals surface area contributed by atoms with Gasteiger partial charge in [-0.05, 0) is 45.1 Å². The normalized spacial score (nSPS) is 23.4. The predicted octanol–water partition coefficient (Wildman–Crippen LogP) is 2.50. The Balaban J connectivity index is 1.93. The van der Waals surface area contributed by atoms with Crippen molar-refractivity contribution in [3.63, 3.8) is 0 Å². The Bertz CT molecular complexity index is 385. The summed E-state index contributed by atoms with van der Waals surface area (Å²) in [4.78, 5) is 6.99. The van der Waals surface area contributed by atoms with E-state index < -0.39 is 0 Å². The highest BCUT2D eigenvalue weighted by atomic mass is 16.5. The van der Waals surface area contributed by atoms with Crippen molar-refractivity contribution in [2.24, 2.45) is 5.73 Å². The molecule has 1 saturated carbocycles. The third kappa shape index (κ3) is 4.28. The number of aryl methyl sites for hydroxylation is 1. The van der Waals surface area contributed by atoms with E-state index in [1.165, 1.54) is 12.8 Å². The topological polar surface area (TPSA) is 68.2 Å². The minimum Gasteiger partial charge on any atom is -0.339 e. The van der Waals surface area contributed by atoms with Crippen molar-refractivity contribution in [3.05, 3.63) is 11.7 Å². The lowest BCUT2D eigenvalue weighted by Crippen LogP contribution is -2.41. The van der Waals surface area contributed by atoms with Gasteiger partial charge in [0.15, 0.2) is 5.82 Å². The van der Waals surface area contributed by atoms with Crippen LogP contribution < -0.4 is 5.73 Å². The van der Waals surface area contributed by atoms with E-state index in [2.05, 4.69) is 28.9 Å². The van der Waals surface area contributed by atoms with Crippen molar-refractivity contribution in [1.29, 1.82) is 0 Å². The highest BCUT2D eigenvalue weighted by Crippen LogP contribution is 2.23. The molecular formula is C15H28N4O. The van der Waals surface area contributed by atoms with Crippen LogP contribution in [0.15, 0.2) is 4.52 Å². The van der Waals surface area contributed by atoms with Gasteiger partial charge >= 0.3 is 0 Å². The van der Waals surface area contributed by atoms with E-state index >= 15 is 0 Å². The first-order chi connectivity index (χ1) is 9.72. The number of hydrogen-bond acceptors (Lipinski definition) is 5. The van der Waals surface area contributed by atoms with E-state index in [0.717, 1.165) is 56.9 Å². The van der Waals surface area contributed by atoms with E-state index in [9.17, 15) is 0 Å². The quantitative estimate of drug-likeness (QED) is 0.831. The molecule has 0 aromatic carbocycles. The van der Waals surface area contributed by atoms with E-state index in [1.807, 2.05) is 0 Å². The molecule has 0 radical (unpaired) electrons. The third-order valence-corrected chi connectivity index (χ3v) is 4.09. The molecule has 2 N–H and O–H groups in total. The fourth-order valence-corrected chi connectivity index (χ4v) is 3.00. The summed E-state index contributed by atoms with van der Waals surface area (Å²) in [7, 11) is 0. The lowest BCUT2D eigenvalue weighted by Gasteiger charge is -2.35. The molecule has 1 heterocycles. The monoisotopic (exact) mass is 280 g/mol. The Morgan fingerprint density at radius 2 is 1.95 bits per heavy atom. The molecule has 5 heteroatoms. The first-order valence-corrected chi connectivity index (χ1v) is 8.04. The van der Waals surface area contributed by atoms with Crippen molar-refractivity contribution >= 4 is 0 Å². The molecule has 0 spiro atoms. The van der Waals surface area contributed by atoms with Crippen LogP contribution in [0.2, 0.25) is 0 Å². The summed E-state index contributed by atoms with van der Waals surface area (Å²) in [6, 6.07) is 1.03. The van der Waals surface area contributed by atoms with Crippen molar-refractivity contribution < 1.29 is 4.52 Å². The average molecular weight is 280 g/mol. The summed E-state index contributed by atoms with van der Waals surface area (Å²) in [5, 5.41) is 4.11. The minimum absolute atomic E-state index is 0.399. The summed E-state index contributed by atoms with van der Waals surface area (Å²) < 4.78 is 5.28. The molecule has 114 valence electrons. The van der Waals surface area contributed by atoms with E-state index in [0.29, 0.717) is 12.1 Å². The van der Waals surface area contributed by atoms with Crippen LogP contribution in [-0.4, -0.2) is 33.7 Å². The Hall–Kier alpha value is -0.940. The highest BCUT2D eigenvalue weighted by molar-refractivity contribution is 4.89. The van der Waals surface area contributed by atoms with Crippen LogP contribution in [0.3, 0.4) is 0 Å². The fraction of sp³-hybridized carbons (Fsp3) is 0.867. The second-order valence-corrected chi connectivity index (χ2v) is 5.89. The molecule has 1 aromatic rings. The maximum Gasteiger partial charge on any atom is 0.226 e. The van der Waals surface area contributed by atoms with Gasteiger partial charge in [0.25, 0.3) is 0 Å². The van der Waals surface area contributed by atoms with E-state index in [1.54, 1.807) is 0 Å². The largest absolute Gasteiger partial charge is 0.339 e. The fourth-order valence-electron chi connectivity index (χ4n) is 3.00. The maximum absolute atomic E-state index is 6.00.